The number of hydrogen-bond donors (Lipinski definition) is 1. The lowest BCUT2D eigenvalue weighted by Gasteiger charge is -2.16. The van der Waals surface area contributed by atoms with Crippen LogP contribution in [0, 0.1) is 5.41 Å². The molecule has 1 aromatic heterocycles. The summed E-state index contributed by atoms with van der Waals surface area (Å²) in [6.07, 6.45) is 0. The molecule has 0 saturated carbocycles. The minimum absolute atomic E-state index is 0.0332. The van der Waals surface area contributed by atoms with Crippen molar-refractivity contribution in [2.24, 2.45) is 16.1 Å². The van der Waals surface area contributed by atoms with Gasteiger partial charge in [0.25, 0.3) is 0 Å². The van der Waals surface area contributed by atoms with Crippen LogP contribution in [-0.2, 0) is 6.54 Å². The van der Waals surface area contributed by atoms with E-state index in [4.69, 9.17) is 5.73 Å². The minimum Gasteiger partial charge on any atom is -0.387 e. The topological polar surface area (TPSA) is 38.4 Å². The van der Waals surface area contributed by atoms with Gasteiger partial charge in [-0.15, -0.1) is 11.3 Å². The molecule has 1 aromatic rings. The lowest BCUT2D eigenvalue weighted by Crippen LogP contribution is -2.28. The number of amidine groups is 1. The monoisotopic (exact) mass is 274 g/mol. The molecule has 0 unspecified atom stereocenters. The molecule has 0 radical (unpaired) electrons. The average Bonchev–Trinajstić information content (AvgIpc) is 2.45. The Morgan fingerprint density at radius 2 is 2.21 bits per heavy atom. The van der Waals surface area contributed by atoms with Crippen LogP contribution in [0.3, 0.4) is 0 Å². The van der Waals surface area contributed by atoms with Crippen LogP contribution >= 0.6 is 27.3 Å². The van der Waals surface area contributed by atoms with Gasteiger partial charge in [0.05, 0.1) is 12.4 Å². The molecule has 0 spiro atoms. The first-order valence-electron chi connectivity index (χ1n) is 4.43. The second-order valence-corrected chi connectivity index (χ2v) is 6.09. The Morgan fingerprint density at radius 1 is 1.57 bits per heavy atom. The van der Waals surface area contributed by atoms with Gasteiger partial charge in [-0.1, -0.05) is 20.8 Å². The Hall–Kier alpha value is -0.350. The number of thiophene rings is 1. The molecule has 0 amide bonds. The Balaban J connectivity index is 2.64. The molecular weight excluding hydrogens is 260 g/mol. The van der Waals surface area contributed by atoms with E-state index in [1.165, 1.54) is 4.88 Å². The average molecular weight is 275 g/mol. The number of nitrogens with two attached hydrogens (primary N) is 1. The summed E-state index contributed by atoms with van der Waals surface area (Å²) >= 11 is 5.10. The van der Waals surface area contributed by atoms with Crippen LogP contribution in [-0.4, -0.2) is 5.84 Å². The predicted molar refractivity (Wildman–Crippen MR) is 66.8 cm³/mol. The highest BCUT2D eigenvalue weighted by atomic mass is 79.9. The SMILES string of the molecule is CC(C)(C)C(N)=NCc1cc(Br)cs1. The summed E-state index contributed by atoms with van der Waals surface area (Å²) in [5.41, 5.74) is 5.82. The maximum atomic E-state index is 5.85. The molecule has 0 saturated heterocycles. The van der Waals surface area contributed by atoms with E-state index in [0.29, 0.717) is 12.4 Å². The number of halogens is 1. The molecule has 0 aliphatic heterocycles. The first kappa shape index (κ1) is 11.7. The van der Waals surface area contributed by atoms with Gasteiger partial charge in [-0.25, -0.2) is 0 Å². The highest BCUT2D eigenvalue weighted by molar-refractivity contribution is 9.10. The fourth-order valence-electron chi connectivity index (χ4n) is 0.837. The summed E-state index contributed by atoms with van der Waals surface area (Å²) in [5, 5.41) is 2.05. The Labute approximate surface area is 97.4 Å². The smallest absolute Gasteiger partial charge is 0.0995 e. The predicted octanol–water partition coefficient (Wildman–Crippen LogP) is 3.41. The first-order valence-corrected chi connectivity index (χ1v) is 6.10. The fourth-order valence-corrected chi connectivity index (χ4v) is 2.21. The van der Waals surface area contributed by atoms with Crippen molar-refractivity contribution in [2.75, 3.05) is 0 Å². The zero-order valence-corrected chi connectivity index (χ0v) is 11.1. The molecule has 1 heterocycles. The van der Waals surface area contributed by atoms with Crippen molar-refractivity contribution in [3.05, 3.63) is 20.8 Å². The van der Waals surface area contributed by atoms with E-state index >= 15 is 0 Å². The van der Waals surface area contributed by atoms with Crippen molar-refractivity contribution in [1.82, 2.24) is 0 Å². The van der Waals surface area contributed by atoms with Gasteiger partial charge in [0.15, 0.2) is 0 Å². The fraction of sp³-hybridized carbons (Fsp3) is 0.500. The maximum Gasteiger partial charge on any atom is 0.0995 e. The van der Waals surface area contributed by atoms with Crippen LogP contribution in [0.2, 0.25) is 0 Å². The molecule has 78 valence electrons. The van der Waals surface area contributed by atoms with E-state index in [9.17, 15) is 0 Å². The van der Waals surface area contributed by atoms with Crippen LogP contribution < -0.4 is 5.73 Å². The van der Waals surface area contributed by atoms with Crippen molar-refractivity contribution < 1.29 is 0 Å². The van der Waals surface area contributed by atoms with Crippen molar-refractivity contribution >= 4 is 33.1 Å². The second-order valence-electron chi connectivity index (χ2n) is 4.18. The molecule has 0 aromatic carbocycles. The first-order chi connectivity index (χ1) is 6.39. The van der Waals surface area contributed by atoms with E-state index in [2.05, 4.69) is 53.1 Å². The molecular formula is C10H15BrN2S. The van der Waals surface area contributed by atoms with Crippen molar-refractivity contribution in [1.29, 1.82) is 0 Å². The molecule has 14 heavy (non-hydrogen) atoms. The van der Waals surface area contributed by atoms with Crippen LogP contribution in [0.25, 0.3) is 0 Å². The van der Waals surface area contributed by atoms with Crippen LogP contribution in [0.15, 0.2) is 20.9 Å². The third kappa shape index (κ3) is 3.42. The number of hydrogen-bond acceptors (Lipinski definition) is 2. The molecule has 2 nitrogen and oxygen atoms in total. The molecule has 0 aliphatic carbocycles. The lowest BCUT2D eigenvalue weighted by atomic mass is 9.95. The normalized spacial score (nSPS) is 13.3. The van der Waals surface area contributed by atoms with Crippen LogP contribution in [0.1, 0.15) is 25.6 Å². The summed E-state index contributed by atoms with van der Waals surface area (Å²) in [7, 11) is 0. The summed E-state index contributed by atoms with van der Waals surface area (Å²) in [6.45, 7) is 6.88. The standard InChI is InChI=1S/C10H15BrN2S/c1-10(2,3)9(12)13-5-8-4-7(11)6-14-8/h4,6H,5H2,1-3H3,(H2,12,13). The third-order valence-electron chi connectivity index (χ3n) is 1.80. The number of nitrogens with zero attached hydrogens (tertiary/aromatic N) is 1. The van der Waals surface area contributed by atoms with E-state index in [1.807, 2.05) is 0 Å². The molecule has 0 aliphatic rings. The van der Waals surface area contributed by atoms with Gasteiger partial charge in [0.1, 0.15) is 0 Å². The highest BCUT2D eigenvalue weighted by Gasteiger charge is 2.14. The molecule has 0 fully saturated rings. The Kier molecular flexibility index (Phi) is 3.72. The lowest BCUT2D eigenvalue weighted by molar-refractivity contribution is 0.581. The third-order valence-corrected chi connectivity index (χ3v) is 3.48. The van der Waals surface area contributed by atoms with E-state index in [1.54, 1.807) is 11.3 Å². The van der Waals surface area contributed by atoms with Gasteiger partial charge in [0, 0.05) is 20.1 Å². The summed E-state index contributed by atoms with van der Waals surface area (Å²) in [6, 6.07) is 2.07. The van der Waals surface area contributed by atoms with E-state index < -0.39 is 0 Å². The van der Waals surface area contributed by atoms with Gasteiger partial charge in [-0.2, -0.15) is 0 Å². The highest BCUT2D eigenvalue weighted by Crippen LogP contribution is 2.21. The summed E-state index contributed by atoms with van der Waals surface area (Å²) in [5.74, 6) is 0.710. The molecule has 0 atom stereocenters. The van der Waals surface area contributed by atoms with E-state index in [0.717, 1.165) is 4.47 Å². The van der Waals surface area contributed by atoms with Gasteiger partial charge in [0.2, 0.25) is 0 Å². The summed E-state index contributed by atoms with van der Waals surface area (Å²) < 4.78 is 1.11. The molecule has 2 N–H and O–H groups in total. The van der Waals surface area contributed by atoms with Gasteiger partial charge in [-0.3, -0.25) is 4.99 Å². The largest absolute Gasteiger partial charge is 0.387 e. The minimum atomic E-state index is -0.0332. The van der Waals surface area contributed by atoms with Crippen molar-refractivity contribution in [2.45, 2.75) is 27.3 Å². The van der Waals surface area contributed by atoms with Crippen molar-refractivity contribution in [3.63, 3.8) is 0 Å². The zero-order valence-electron chi connectivity index (χ0n) is 8.67. The molecule has 0 bridgehead atoms. The van der Waals surface area contributed by atoms with Crippen LogP contribution in [0.4, 0.5) is 0 Å². The Bertz CT molecular complexity index is 336. The zero-order chi connectivity index (χ0) is 10.8. The van der Waals surface area contributed by atoms with Gasteiger partial charge in [-0.05, 0) is 22.0 Å². The number of aliphatic imine (C=N–C) groups is 1. The molecule has 1 rings (SSSR count). The van der Waals surface area contributed by atoms with Crippen molar-refractivity contribution in [3.8, 4) is 0 Å². The Morgan fingerprint density at radius 3 is 2.64 bits per heavy atom. The quantitative estimate of drug-likeness (QED) is 0.652. The van der Waals surface area contributed by atoms with Gasteiger partial charge >= 0.3 is 0 Å². The summed E-state index contributed by atoms with van der Waals surface area (Å²) in [4.78, 5) is 5.59. The van der Waals surface area contributed by atoms with Gasteiger partial charge < -0.3 is 5.73 Å². The number of rotatable bonds is 2. The maximum absolute atomic E-state index is 5.85. The second kappa shape index (κ2) is 4.45. The molecule has 4 heteroatoms. The van der Waals surface area contributed by atoms with E-state index in [-0.39, 0.29) is 5.41 Å². The van der Waals surface area contributed by atoms with Crippen LogP contribution in [0.5, 0.6) is 0 Å².